The van der Waals surface area contributed by atoms with Crippen molar-refractivity contribution < 1.29 is 10.2 Å². The maximum absolute atomic E-state index is 9.44. The predicted molar refractivity (Wildman–Crippen MR) is 62.1 cm³/mol. The maximum atomic E-state index is 9.44. The van der Waals surface area contributed by atoms with Gasteiger partial charge in [-0.3, -0.25) is 0 Å². The van der Waals surface area contributed by atoms with Crippen LogP contribution in [0.5, 0.6) is 5.75 Å². The molecule has 1 aromatic carbocycles. The predicted octanol–water partition coefficient (Wildman–Crippen LogP) is 2.70. The molecule has 0 unspecified atom stereocenters. The molecule has 68 valence electrons. The van der Waals surface area contributed by atoms with Gasteiger partial charge >= 0.3 is 0 Å². The smallest absolute Gasteiger partial charge is 0.130 e. The van der Waals surface area contributed by atoms with Gasteiger partial charge in [0.1, 0.15) is 5.75 Å². The number of hydrogen-bond donors (Lipinski definition) is 2. The van der Waals surface area contributed by atoms with Crippen molar-refractivity contribution in [3.63, 3.8) is 0 Å². The van der Waals surface area contributed by atoms with Crippen molar-refractivity contribution in [1.29, 1.82) is 0 Å². The van der Waals surface area contributed by atoms with Crippen LogP contribution >= 0.6 is 33.9 Å². The third-order valence-electron chi connectivity index (χ3n) is 1.89. The first-order valence-electron chi connectivity index (χ1n) is 3.72. The van der Waals surface area contributed by atoms with E-state index in [9.17, 15) is 5.11 Å². The Labute approximate surface area is 93.0 Å². The van der Waals surface area contributed by atoms with E-state index in [0.29, 0.717) is 5.75 Å². The Hall–Kier alpha value is -0.330. The average Bonchev–Trinajstić information content (AvgIpc) is 2.48. The zero-order valence-electron chi connectivity index (χ0n) is 6.62. The Morgan fingerprint density at radius 3 is 2.85 bits per heavy atom. The van der Waals surface area contributed by atoms with Crippen LogP contribution in [0.15, 0.2) is 17.5 Å². The Bertz CT molecular complexity index is 450. The number of benzene rings is 1. The van der Waals surface area contributed by atoms with E-state index in [1.807, 2.05) is 11.4 Å². The zero-order valence-corrected chi connectivity index (χ0v) is 9.59. The molecule has 0 aliphatic heterocycles. The molecule has 0 amide bonds. The van der Waals surface area contributed by atoms with Gasteiger partial charge in [0.25, 0.3) is 0 Å². The minimum absolute atomic E-state index is 0.0564. The van der Waals surface area contributed by atoms with E-state index in [0.717, 1.165) is 19.2 Å². The molecule has 2 rings (SSSR count). The van der Waals surface area contributed by atoms with Gasteiger partial charge in [0.15, 0.2) is 0 Å². The van der Waals surface area contributed by atoms with Crippen molar-refractivity contribution in [3.05, 3.63) is 26.6 Å². The molecule has 2 nitrogen and oxygen atoms in total. The molecule has 4 heteroatoms. The van der Waals surface area contributed by atoms with Gasteiger partial charge in [0.2, 0.25) is 0 Å². The lowest BCUT2D eigenvalue weighted by atomic mass is 10.2. The molecular weight excluding hydrogens is 299 g/mol. The molecule has 0 saturated carbocycles. The fraction of sp³-hybridized carbons (Fsp3) is 0.111. The van der Waals surface area contributed by atoms with Crippen molar-refractivity contribution in [2.45, 2.75) is 6.61 Å². The number of hydrogen-bond acceptors (Lipinski definition) is 3. The van der Waals surface area contributed by atoms with Gasteiger partial charge < -0.3 is 10.2 Å². The monoisotopic (exact) mass is 306 g/mol. The third-order valence-corrected chi connectivity index (χ3v) is 3.75. The van der Waals surface area contributed by atoms with Crippen LogP contribution < -0.4 is 0 Å². The molecule has 0 aliphatic carbocycles. The molecule has 13 heavy (non-hydrogen) atoms. The maximum Gasteiger partial charge on any atom is 0.130 e. The van der Waals surface area contributed by atoms with Crippen molar-refractivity contribution >= 4 is 44.0 Å². The topological polar surface area (TPSA) is 40.5 Å². The Balaban J connectivity index is 2.77. The first-order valence-corrected chi connectivity index (χ1v) is 5.67. The Morgan fingerprint density at radius 1 is 1.38 bits per heavy atom. The minimum Gasteiger partial charge on any atom is -0.507 e. The molecule has 0 spiro atoms. The molecule has 0 aliphatic rings. The summed E-state index contributed by atoms with van der Waals surface area (Å²) in [6.45, 7) is 0.0564. The molecule has 1 heterocycles. The van der Waals surface area contributed by atoms with Gasteiger partial charge in [-0.15, -0.1) is 11.3 Å². The SMILES string of the molecule is OCc1csc2cc(O)c(I)cc12. The van der Waals surface area contributed by atoms with Crippen LogP contribution in [0.1, 0.15) is 5.56 Å². The summed E-state index contributed by atoms with van der Waals surface area (Å²) >= 11 is 3.61. The molecule has 1 aromatic heterocycles. The second-order valence-electron chi connectivity index (χ2n) is 2.72. The number of fused-ring (bicyclic) bond motifs is 1. The highest BCUT2D eigenvalue weighted by Gasteiger charge is 2.06. The number of aromatic hydroxyl groups is 1. The lowest BCUT2D eigenvalue weighted by Crippen LogP contribution is -1.80. The number of thiophene rings is 1. The van der Waals surface area contributed by atoms with Crippen LogP contribution in [0.25, 0.3) is 10.1 Å². The summed E-state index contributed by atoms with van der Waals surface area (Å²) in [7, 11) is 0. The summed E-state index contributed by atoms with van der Waals surface area (Å²) in [5.74, 6) is 0.305. The van der Waals surface area contributed by atoms with Crippen molar-refractivity contribution in [2.24, 2.45) is 0 Å². The zero-order chi connectivity index (χ0) is 9.42. The second kappa shape index (κ2) is 3.43. The van der Waals surface area contributed by atoms with Crippen LogP contribution in [0.4, 0.5) is 0 Å². The summed E-state index contributed by atoms with van der Waals surface area (Å²) < 4.78 is 1.83. The molecule has 0 bridgehead atoms. The first kappa shape index (κ1) is 9.23. The second-order valence-corrected chi connectivity index (χ2v) is 4.79. The number of halogens is 1. The fourth-order valence-electron chi connectivity index (χ4n) is 1.21. The Morgan fingerprint density at radius 2 is 2.15 bits per heavy atom. The highest BCUT2D eigenvalue weighted by atomic mass is 127. The molecule has 0 saturated heterocycles. The fourth-order valence-corrected chi connectivity index (χ4v) is 2.65. The number of phenols is 1. The Kier molecular flexibility index (Phi) is 2.44. The first-order chi connectivity index (χ1) is 6.22. The summed E-state index contributed by atoms with van der Waals surface area (Å²) in [6, 6.07) is 3.63. The van der Waals surface area contributed by atoms with Crippen LogP contribution in [0.2, 0.25) is 0 Å². The quantitative estimate of drug-likeness (QED) is 0.795. The summed E-state index contributed by atoms with van der Waals surface area (Å²) in [5.41, 5.74) is 0.929. The molecule has 2 aromatic rings. The van der Waals surface area contributed by atoms with Gasteiger partial charge in [-0.05, 0) is 51.1 Å². The highest BCUT2D eigenvalue weighted by molar-refractivity contribution is 14.1. The van der Waals surface area contributed by atoms with E-state index < -0.39 is 0 Å². The molecule has 0 atom stereocenters. The van der Waals surface area contributed by atoms with E-state index in [2.05, 4.69) is 22.6 Å². The van der Waals surface area contributed by atoms with Crippen molar-refractivity contribution in [2.75, 3.05) is 0 Å². The summed E-state index contributed by atoms with van der Waals surface area (Å²) in [6.07, 6.45) is 0. The normalized spacial score (nSPS) is 10.9. The van der Waals surface area contributed by atoms with Gasteiger partial charge in [0, 0.05) is 4.70 Å². The van der Waals surface area contributed by atoms with Gasteiger partial charge in [0.05, 0.1) is 10.2 Å². The van der Waals surface area contributed by atoms with Crippen LogP contribution in [-0.2, 0) is 6.61 Å². The highest BCUT2D eigenvalue weighted by Crippen LogP contribution is 2.32. The van der Waals surface area contributed by atoms with Crippen LogP contribution in [0, 0.1) is 3.57 Å². The number of aliphatic hydroxyl groups excluding tert-OH is 1. The molecule has 2 N–H and O–H groups in total. The van der Waals surface area contributed by atoms with E-state index in [1.165, 1.54) is 11.3 Å². The van der Waals surface area contributed by atoms with E-state index in [1.54, 1.807) is 6.07 Å². The number of rotatable bonds is 1. The van der Waals surface area contributed by atoms with Crippen molar-refractivity contribution in [3.8, 4) is 5.75 Å². The minimum atomic E-state index is 0.0564. The summed E-state index contributed by atoms with van der Waals surface area (Å²) in [5, 5.41) is 21.4. The molecule has 0 fully saturated rings. The lowest BCUT2D eigenvalue weighted by Gasteiger charge is -1.98. The van der Waals surface area contributed by atoms with Gasteiger partial charge in [-0.1, -0.05) is 0 Å². The molecular formula is C9H7IO2S. The summed E-state index contributed by atoms with van der Waals surface area (Å²) in [4.78, 5) is 0. The van der Waals surface area contributed by atoms with Crippen LogP contribution in [0.3, 0.4) is 0 Å². The number of aliphatic hydroxyl groups is 1. The van der Waals surface area contributed by atoms with E-state index in [-0.39, 0.29) is 6.61 Å². The largest absolute Gasteiger partial charge is 0.507 e. The number of phenolic OH excluding ortho intramolecular Hbond substituents is 1. The third kappa shape index (κ3) is 1.53. The van der Waals surface area contributed by atoms with Crippen molar-refractivity contribution in [1.82, 2.24) is 0 Å². The standard InChI is InChI=1S/C9H7IO2S/c10-7-1-6-5(3-11)4-13-9(6)2-8(7)12/h1-2,4,11-12H,3H2. The van der Waals surface area contributed by atoms with E-state index >= 15 is 0 Å². The lowest BCUT2D eigenvalue weighted by molar-refractivity contribution is 0.284. The average molecular weight is 306 g/mol. The molecule has 0 radical (unpaired) electrons. The van der Waals surface area contributed by atoms with E-state index in [4.69, 9.17) is 5.11 Å². The van der Waals surface area contributed by atoms with Crippen LogP contribution in [-0.4, -0.2) is 10.2 Å². The van der Waals surface area contributed by atoms with Gasteiger partial charge in [-0.2, -0.15) is 0 Å². The van der Waals surface area contributed by atoms with Gasteiger partial charge in [-0.25, -0.2) is 0 Å².